The fourth-order valence-corrected chi connectivity index (χ4v) is 3.68. The first-order valence-electron chi connectivity index (χ1n) is 9.82. The van der Waals surface area contributed by atoms with E-state index < -0.39 is 17.8 Å². The molecule has 3 rings (SSSR count). The standard InChI is InChI=1S/C21H25F3N6O/c1-13-7-15(21(22,23)24)10-16(8-13)28-20(31)29(2)17-3-5-30(6-4-17)18-9-14(11-25)19(26)27-12-18/h7-12,17,25H,3-6H2,1-2H3,(H2,26,27)(H,28,31). The third kappa shape index (κ3) is 5.25. The lowest BCUT2D eigenvalue weighted by atomic mass is 10.0. The molecule has 1 fully saturated rings. The third-order valence-electron chi connectivity index (χ3n) is 5.44. The van der Waals surface area contributed by atoms with Crippen molar-refractivity contribution in [2.75, 3.05) is 36.1 Å². The van der Waals surface area contributed by atoms with E-state index in [0.717, 1.165) is 24.0 Å². The van der Waals surface area contributed by atoms with Crippen molar-refractivity contribution < 1.29 is 18.0 Å². The molecule has 0 aliphatic carbocycles. The number of carbonyl (C=O) groups excluding carboxylic acids is 1. The third-order valence-corrected chi connectivity index (χ3v) is 5.44. The van der Waals surface area contributed by atoms with E-state index >= 15 is 0 Å². The number of rotatable bonds is 4. The first kappa shape index (κ1) is 22.4. The van der Waals surface area contributed by atoms with Crippen LogP contribution in [0.15, 0.2) is 30.5 Å². The summed E-state index contributed by atoms with van der Waals surface area (Å²) in [5.41, 5.74) is 6.89. The average Bonchev–Trinajstić information content (AvgIpc) is 2.72. The molecule has 31 heavy (non-hydrogen) atoms. The Bertz CT molecular complexity index is 970. The van der Waals surface area contributed by atoms with Crippen LogP contribution in [0.25, 0.3) is 0 Å². The summed E-state index contributed by atoms with van der Waals surface area (Å²) < 4.78 is 39.1. The summed E-state index contributed by atoms with van der Waals surface area (Å²) >= 11 is 0. The Hall–Kier alpha value is -3.30. The zero-order valence-corrected chi connectivity index (χ0v) is 17.3. The predicted octanol–water partition coefficient (Wildman–Crippen LogP) is 4.12. The second-order valence-corrected chi connectivity index (χ2v) is 7.66. The highest BCUT2D eigenvalue weighted by Crippen LogP contribution is 2.32. The molecule has 0 atom stereocenters. The maximum absolute atomic E-state index is 13.0. The predicted molar refractivity (Wildman–Crippen MR) is 115 cm³/mol. The molecule has 1 aliphatic rings. The smallest absolute Gasteiger partial charge is 0.383 e. The van der Waals surface area contributed by atoms with E-state index in [1.54, 1.807) is 20.2 Å². The van der Waals surface area contributed by atoms with Gasteiger partial charge in [0.05, 0.1) is 17.4 Å². The van der Waals surface area contributed by atoms with Crippen LogP contribution < -0.4 is 16.0 Å². The Morgan fingerprint density at radius 1 is 1.29 bits per heavy atom. The zero-order chi connectivity index (χ0) is 22.8. The van der Waals surface area contributed by atoms with Gasteiger partial charge in [0.15, 0.2) is 0 Å². The number of nitrogens with zero attached hydrogens (tertiary/aromatic N) is 3. The normalized spacial score (nSPS) is 14.9. The molecule has 1 aromatic carbocycles. The summed E-state index contributed by atoms with van der Waals surface area (Å²) in [5, 5.41) is 9.99. The fourth-order valence-electron chi connectivity index (χ4n) is 3.68. The van der Waals surface area contributed by atoms with Gasteiger partial charge >= 0.3 is 12.2 Å². The van der Waals surface area contributed by atoms with Gasteiger partial charge in [0.25, 0.3) is 0 Å². The molecule has 7 nitrogen and oxygen atoms in total. The van der Waals surface area contributed by atoms with Gasteiger partial charge in [-0.2, -0.15) is 13.2 Å². The number of alkyl halides is 3. The quantitative estimate of drug-likeness (QED) is 0.631. The highest BCUT2D eigenvalue weighted by atomic mass is 19.4. The Labute approximate surface area is 178 Å². The number of nitrogen functional groups attached to an aromatic ring is 1. The Morgan fingerprint density at radius 3 is 2.58 bits per heavy atom. The summed E-state index contributed by atoms with van der Waals surface area (Å²) in [6.45, 7) is 2.91. The van der Waals surface area contributed by atoms with Crippen LogP contribution in [0, 0.1) is 12.3 Å². The van der Waals surface area contributed by atoms with Crippen LogP contribution in [0.2, 0.25) is 0 Å². The minimum Gasteiger partial charge on any atom is -0.383 e. The van der Waals surface area contributed by atoms with E-state index in [0.29, 0.717) is 42.9 Å². The molecule has 166 valence electrons. The van der Waals surface area contributed by atoms with Crippen molar-refractivity contribution in [3.8, 4) is 0 Å². The first-order chi connectivity index (χ1) is 14.6. The molecule has 2 amide bonds. The van der Waals surface area contributed by atoms with Crippen LogP contribution in [0.5, 0.6) is 0 Å². The molecule has 0 spiro atoms. The number of urea groups is 1. The number of nitrogens with two attached hydrogens (primary N) is 1. The molecule has 0 radical (unpaired) electrons. The first-order valence-corrected chi connectivity index (χ1v) is 9.82. The Kier molecular flexibility index (Phi) is 6.37. The molecule has 2 heterocycles. The molecule has 4 N–H and O–H groups in total. The van der Waals surface area contributed by atoms with Gasteiger partial charge in [-0.3, -0.25) is 0 Å². The van der Waals surface area contributed by atoms with E-state index in [4.69, 9.17) is 11.1 Å². The molecule has 0 bridgehead atoms. The van der Waals surface area contributed by atoms with E-state index in [-0.39, 0.29) is 11.7 Å². The number of pyridine rings is 1. The van der Waals surface area contributed by atoms with Gasteiger partial charge in [-0.15, -0.1) is 0 Å². The Morgan fingerprint density at radius 2 is 1.97 bits per heavy atom. The second kappa shape index (κ2) is 8.83. The number of nitrogens with one attached hydrogen (secondary N) is 2. The molecule has 10 heteroatoms. The van der Waals surface area contributed by atoms with Crippen molar-refractivity contribution in [1.29, 1.82) is 5.41 Å². The zero-order valence-electron chi connectivity index (χ0n) is 17.3. The summed E-state index contributed by atoms with van der Waals surface area (Å²) in [6, 6.07) is 4.81. The molecule has 1 saturated heterocycles. The summed E-state index contributed by atoms with van der Waals surface area (Å²) in [4.78, 5) is 20.4. The molecular weight excluding hydrogens is 409 g/mol. The largest absolute Gasteiger partial charge is 0.416 e. The minimum atomic E-state index is -4.47. The SMILES string of the molecule is Cc1cc(NC(=O)N(C)C2CCN(c3cnc(N)c(C=N)c3)CC2)cc(C(F)(F)F)c1. The number of anilines is 3. The van der Waals surface area contributed by atoms with Crippen molar-refractivity contribution in [1.82, 2.24) is 9.88 Å². The van der Waals surface area contributed by atoms with Crippen molar-refractivity contribution in [3.63, 3.8) is 0 Å². The van der Waals surface area contributed by atoms with Gasteiger partial charge in [-0.05, 0) is 49.6 Å². The molecule has 1 aromatic heterocycles. The van der Waals surface area contributed by atoms with E-state index in [1.165, 1.54) is 11.0 Å². The highest BCUT2D eigenvalue weighted by molar-refractivity contribution is 5.89. The maximum Gasteiger partial charge on any atom is 0.416 e. The topological polar surface area (TPSA) is 98.3 Å². The Balaban J connectivity index is 1.62. The van der Waals surface area contributed by atoms with Crippen LogP contribution in [0.1, 0.15) is 29.5 Å². The number of piperidine rings is 1. The molecular formula is C21H25F3N6O. The van der Waals surface area contributed by atoms with Gasteiger partial charge in [0.1, 0.15) is 5.82 Å². The molecule has 0 saturated carbocycles. The van der Waals surface area contributed by atoms with Crippen molar-refractivity contribution >= 4 is 29.4 Å². The van der Waals surface area contributed by atoms with Crippen LogP contribution in [0.3, 0.4) is 0 Å². The maximum atomic E-state index is 13.0. The number of hydrogen-bond acceptors (Lipinski definition) is 5. The van der Waals surface area contributed by atoms with Gasteiger partial charge < -0.3 is 26.3 Å². The van der Waals surface area contributed by atoms with Crippen molar-refractivity contribution in [2.45, 2.75) is 32.0 Å². The minimum absolute atomic E-state index is 0.0490. The van der Waals surface area contributed by atoms with Crippen LogP contribution in [0.4, 0.5) is 35.2 Å². The number of halogens is 3. The number of aromatic nitrogens is 1. The van der Waals surface area contributed by atoms with Crippen LogP contribution >= 0.6 is 0 Å². The fraction of sp³-hybridized carbons (Fsp3) is 0.381. The van der Waals surface area contributed by atoms with E-state index in [1.807, 2.05) is 6.07 Å². The lowest BCUT2D eigenvalue weighted by Crippen LogP contribution is -2.47. The summed E-state index contributed by atoms with van der Waals surface area (Å²) in [7, 11) is 1.65. The number of hydrogen-bond donors (Lipinski definition) is 3. The van der Waals surface area contributed by atoms with Gasteiger partial charge in [-0.1, -0.05) is 0 Å². The lowest BCUT2D eigenvalue weighted by Gasteiger charge is -2.37. The number of aryl methyl sites for hydroxylation is 1. The van der Waals surface area contributed by atoms with E-state index in [9.17, 15) is 18.0 Å². The monoisotopic (exact) mass is 434 g/mol. The van der Waals surface area contributed by atoms with Crippen LogP contribution in [-0.4, -0.2) is 48.3 Å². The number of amides is 2. The van der Waals surface area contributed by atoms with Gasteiger partial charge in [-0.25, -0.2) is 9.78 Å². The second-order valence-electron chi connectivity index (χ2n) is 7.66. The average molecular weight is 434 g/mol. The summed E-state index contributed by atoms with van der Waals surface area (Å²) in [5.74, 6) is 0.301. The molecule has 2 aromatic rings. The highest BCUT2D eigenvalue weighted by Gasteiger charge is 2.31. The number of carbonyl (C=O) groups is 1. The summed E-state index contributed by atoms with van der Waals surface area (Å²) in [6.07, 6.45) is -0.272. The van der Waals surface area contributed by atoms with Crippen molar-refractivity contribution in [2.24, 2.45) is 0 Å². The van der Waals surface area contributed by atoms with Crippen LogP contribution in [-0.2, 0) is 6.18 Å². The molecule has 0 unspecified atom stereocenters. The van der Waals surface area contributed by atoms with Gasteiger partial charge in [0.2, 0.25) is 0 Å². The lowest BCUT2D eigenvalue weighted by molar-refractivity contribution is -0.137. The van der Waals surface area contributed by atoms with E-state index in [2.05, 4.69) is 15.2 Å². The van der Waals surface area contributed by atoms with Gasteiger partial charge in [0, 0.05) is 43.6 Å². The number of benzene rings is 1. The molecule has 1 aliphatic heterocycles. The van der Waals surface area contributed by atoms with Crippen molar-refractivity contribution in [3.05, 3.63) is 47.2 Å².